The number of nitrogens with zero attached hydrogens (tertiary/aromatic N) is 2. The second-order valence-electron chi connectivity index (χ2n) is 6.51. The summed E-state index contributed by atoms with van der Waals surface area (Å²) in [6, 6.07) is 0.289. The molecule has 9 heteroatoms. The number of hydrogen-bond acceptors (Lipinski definition) is 5. The fraction of sp³-hybridized carbons (Fsp3) is 0.933. The maximum Gasteiger partial charge on any atom is 0.224 e. The predicted octanol–water partition coefficient (Wildman–Crippen LogP) is 0.449. The van der Waals surface area contributed by atoms with E-state index in [9.17, 15) is 13.2 Å². The summed E-state index contributed by atoms with van der Waals surface area (Å²) in [5, 5.41) is 3.32. The quantitative estimate of drug-likeness (QED) is 0.690. The number of carbonyl (C=O) groups is 1. The van der Waals surface area contributed by atoms with Crippen LogP contribution in [0.15, 0.2) is 0 Å². The summed E-state index contributed by atoms with van der Waals surface area (Å²) in [6.07, 6.45) is 2.73. The Kier molecular flexibility index (Phi) is 8.94. The molecule has 0 spiro atoms. The van der Waals surface area contributed by atoms with Gasteiger partial charge in [0, 0.05) is 38.6 Å². The molecule has 2 heterocycles. The van der Waals surface area contributed by atoms with Gasteiger partial charge in [-0.25, -0.2) is 8.42 Å². The SMILES string of the molecule is CC(C)OCCS(=O)(=O)N1CCN(C(=O)CC2CCCN2)CC1.Cl. The molecule has 7 nitrogen and oxygen atoms in total. The number of rotatable bonds is 7. The van der Waals surface area contributed by atoms with Crippen LogP contribution in [0.2, 0.25) is 0 Å². The first-order valence-corrected chi connectivity index (χ1v) is 10.1. The molecule has 0 aromatic carbocycles. The lowest BCUT2D eigenvalue weighted by Gasteiger charge is -2.34. The molecule has 0 radical (unpaired) electrons. The van der Waals surface area contributed by atoms with Crippen molar-refractivity contribution in [3.63, 3.8) is 0 Å². The van der Waals surface area contributed by atoms with Crippen molar-refractivity contribution in [3.05, 3.63) is 0 Å². The van der Waals surface area contributed by atoms with Crippen LogP contribution < -0.4 is 5.32 Å². The number of sulfonamides is 1. The first-order valence-electron chi connectivity index (χ1n) is 8.49. The second kappa shape index (κ2) is 9.91. The van der Waals surface area contributed by atoms with Crippen LogP contribution in [0.4, 0.5) is 0 Å². The predicted molar refractivity (Wildman–Crippen MR) is 95.9 cm³/mol. The molecule has 1 unspecified atom stereocenters. The van der Waals surface area contributed by atoms with Crippen molar-refractivity contribution in [1.82, 2.24) is 14.5 Å². The van der Waals surface area contributed by atoms with E-state index in [1.165, 1.54) is 4.31 Å². The van der Waals surface area contributed by atoms with Crippen molar-refractivity contribution in [2.75, 3.05) is 45.1 Å². The molecule has 0 aromatic rings. The molecule has 1 N–H and O–H groups in total. The Balaban J connectivity index is 0.00000288. The molecule has 0 aromatic heterocycles. The van der Waals surface area contributed by atoms with Crippen LogP contribution in [0, 0.1) is 0 Å². The van der Waals surface area contributed by atoms with Crippen LogP contribution in [-0.2, 0) is 19.6 Å². The zero-order valence-corrected chi connectivity index (χ0v) is 16.2. The molecule has 1 amide bonds. The van der Waals surface area contributed by atoms with E-state index in [4.69, 9.17) is 4.74 Å². The first kappa shape index (κ1) is 21.6. The summed E-state index contributed by atoms with van der Waals surface area (Å²) in [5.41, 5.74) is 0. The third-order valence-corrected chi connectivity index (χ3v) is 6.20. The van der Waals surface area contributed by atoms with E-state index in [0.717, 1.165) is 19.4 Å². The molecule has 2 aliphatic heterocycles. The molecule has 2 fully saturated rings. The molecule has 2 saturated heterocycles. The Labute approximate surface area is 151 Å². The fourth-order valence-electron chi connectivity index (χ4n) is 3.00. The minimum Gasteiger partial charge on any atom is -0.378 e. The van der Waals surface area contributed by atoms with Crippen LogP contribution in [0.25, 0.3) is 0 Å². The van der Waals surface area contributed by atoms with Crippen LogP contribution in [0.5, 0.6) is 0 Å². The number of ether oxygens (including phenoxy) is 1. The van der Waals surface area contributed by atoms with Gasteiger partial charge < -0.3 is 15.0 Å². The number of hydrogen-bond donors (Lipinski definition) is 1. The van der Waals surface area contributed by atoms with E-state index in [2.05, 4.69) is 5.32 Å². The van der Waals surface area contributed by atoms with E-state index in [-0.39, 0.29) is 42.8 Å². The summed E-state index contributed by atoms with van der Waals surface area (Å²) < 4.78 is 31.3. The maximum absolute atomic E-state index is 12.3. The van der Waals surface area contributed by atoms with Crippen molar-refractivity contribution in [2.24, 2.45) is 0 Å². The van der Waals surface area contributed by atoms with Gasteiger partial charge in [0.1, 0.15) is 0 Å². The number of carbonyl (C=O) groups excluding carboxylic acids is 1. The van der Waals surface area contributed by atoms with Crippen molar-refractivity contribution in [3.8, 4) is 0 Å². The van der Waals surface area contributed by atoms with Crippen LogP contribution in [0.1, 0.15) is 33.1 Å². The van der Waals surface area contributed by atoms with E-state index in [1.54, 1.807) is 4.90 Å². The zero-order chi connectivity index (χ0) is 16.9. The highest BCUT2D eigenvalue weighted by Crippen LogP contribution is 2.13. The molecular formula is C15H30ClN3O4S. The van der Waals surface area contributed by atoms with Crippen LogP contribution >= 0.6 is 12.4 Å². The third-order valence-electron chi connectivity index (χ3n) is 4.36. The third kappa shape index (κ3) is 6.48. The monoisotopic (exact) mass is 383 g/mol. The molecule has 142 valence electrons. The second-order valence-corrected chi connectivity index (χ2v) is 8.60. The molecular weight excluding hydrogens is 354 g/mol. The summed E-state index contributed by atoms with van der Waals surface area (Å²) in [7, 11) is -3.29. The minimum atomic E-state index is -3.29. The molecule has 24 heavy (non-hydrogen) atoms. The van der Waals surface area contributed by atoms with Crippen molar-refractivity contribution < 1.29 is 17.9 Å². The van der Waals surface area contributed by atoms with Gasteiger partial charge in [-0.05, 0) is 33.2 Å². The average Bonchev–Trinajstić information content (AvgIpc) is 2.99. The van der Waals surface area contributed by atoms with Crippen LogP contribution in [0.3, 0.4) is 0 Å². The normalized spacial score (nSPS) is 22.6. The molecule has 0 aliphatic carbocycles. The van der Waals surface area contributed by atoms with Crippen LogP contribution in [-0.4, -0.2) is 80.8 Å². The number of amides is 1. The molecule has 2 aliphatic rings. The highest BCUT2D eigenvalue weighted by atomic mass is 35.5. The zero-order valence-electron chi connectivity index (χ0n) is 14.6. The van der Waals surface area contributed by atoms with Crippen molar-refractivity contribution in [2.45, 2.75) is 45.3 Å². The van der Waals surface area contributed by atoms with E-state index >= 15 is 0 Å². The Bertz CT molecular complexity index is 487. The molecule has 0 bridgehead atoms. The van der Waals surface area contributed by atoms with Gasteiger partial charge in [0.15, 0.2) is 0 Å². The van der Waals surface area contributed by atoms with Gasteiger partial charge in [-0.15, -0.1) is 12.4 Å². The van der Waals surface area contributed by atoms with Gasteiger partial charge in [0.2, 0.25) is 15.9 Å². The first-order chi connectivity index (χ1) is 10.9. The van der Waals surface area contributed by atoms with Gasteiger partial charge in [0.25, 0.3) is 0 Å². The fourth-order valence-corrected chi connectivity index (χ4v) is 4.29. The van der Waals surface area contributed by atoms with Crippen molar-refractivity contribution >= 4 is 28.3 Å². The van der Waals surface area contributed by atoms with E-state index in [0.29, 0.717) is 32.6 Å². The summed E-state index contributed by atoms with van der Waals surface area (Å²) in [4.78, 5) is 14.0. The van der Waals surface area contributed by atoms with Crippen molar-refractivity contribution in [1.29, 1.82) is 0 Å². The maximum atomic E-state index is 12.3. The summed E-state index contributed by atoms with van der Waals surface area (Å²) in [5.74, 6) is 0.134. The number of piperazine rings is 1. The van der Waals surface area contributed by atoms with Gasteiger partial charge in [-0.2, -0.15) is 4.31 Å². The van der Waals surface area contributed by atoms with Gasteiger partial charge in [-0.3, -0.25) is 4.79 Å². The van der Waals surface area contributed by atoms with E-state index < -0.39 is 10.0 Å². The number of nitrogens with one attached hydrogen (secondary N) is 1. The van der Waals surface area contributed by atoms with E-state index in [1.807, 2.05) is 13.8 Å². The Morgan fingerprint density at radius 1 is 1.25 bits per heavy atom. The lowest BCUT2D eigenvalue weighted by Crippen LogP contribution is -2.52. The Hall–Kier alpha value is -0.410. The minimum absolute atomic E-state index is 0. The van der Waals surface area contributed by atoms with Gasteiger partial charge in [-0.1, -0.05) is 0 Å². The average molecular weight is 384 g/mol. The lowest BCUT2D eigenvalue weighted by atomic mass is 10.1. The standard InChI is InChI=1S/C15H29N3O4S.ClH/c1-13(2)22-10-11-23(20,21)18-8-6-17(7-9-18)15(19)12-14-4-3-5-16-14;/h13-14,16H,3-12H2,1-2H3;1H. The summed E-state index contributed by atoms with van der Waals surface area (Å²) >= 11 is 0. The summed E-state index contributed by atoms with van der Waals surface area (Å²) in [6.45, 7) is 6.70. The topological polar surface area (TPSA) is 79.0 Å². The largest absolute Gasteiger partial charge is 0.378 e. The molecule has 0 saturated carbocycles. The highest BCUT2D eigenvalue weighted by Gasteiger charge is 2.29. The Morgan fingerprint density at radius 2 is 1.92 bits per heavy atom. The highest BCUT2D eigenvalue weighted by molar-refractivity contribution is 7.89. The number of halogens is 1. The molecule has 1 atom stereocenters. The van der Waals surface area contributed by atoms with Gasteiger partial charge >= 0.3 is 0 Å². The lowest BCUT2D eigenvalue weighted by molar-refractivity contribution is -0.132. The Morgan fingerprint density at radius 3 is 2.46 bits per heavy atom. The smallest absolute Gasteiger partial charge is 0.224 e. The van der Waals surface area contributed by atoms with Gasteiger partial charge in [0.05, 0.1) is 18.5 Å². The molecule has 2 rings (SSSR count).